The second-order valence-electron chi connectivity index (χ2n) is 10.9. The van der Waals surface area contributed by atoms with Gasteiger partial charge in [-0.15, -0.1) is 5.73 Å². The molecule has 3 heterocycles. The van der Waals surface area contributed by atoms with Gasteiger partial charge in [-0.3, -0.25) is 9.98 Å². The fourth-order valence-electron chi connectivity index (χ4n) is 5.10. The van der Waals surface area contributed by atoms with Crippen molar-refractivity contribution in [1.82, 2.24) is 15.3 Å². The van der Waals surface area contributed by atoms with Crippen LogP contribution in [0.4, 0.5) is 5.69 Å². The first kappa shape index (κ1) is 40.6. The van der Waals surface area contributed by atoms with Crippen LogP contribution in [0.3, 0.4) is 0 Å². The summed E-state index contributed by atoms with van der Waals surface area (Å²) in [6.45, 7) is 20.9. The predicted octanol–water partition coefficient (Wildman–Crippen LogP) is 7.61. The quantitative estimate of drug-likeness (QED) is 0.101. The van der Waals surface area contributed by atoms with Crippen LogP contribution in [0.2, 0.25) is 0 Å². The molecule has 1 aliphatic carbocycles. The van der Waals surface area contributed by atoms with Crippen molar-refractivity contribution in [2.24, 2.45) is 16.6 Å². The molecule has 2 aliphatic rings. The zero-order valence-corrected chi connectivity index (χ0v) is 29.8. The van der Waals surface area contributed by atoms with Crippen molar-refractivity contribution in [3.05, 3.63) is 83.1 Å². The number of fused-ring (bicyclic) bond motifs is 1. The SMILES string of the molecule is C=C=CNCC(c1cc2c(c(-c3ccnc(C)c3)n1)OCC2C)C1CC1.C=N.CC.CCCN=Cc1cc(C)cc(OC)c1N.CN. The van der Waals surface area contributed by atoms with Gasteiger partial charge in [0.05, 0.1) is 19.4 Å². The average Bonchev–Trinajstić information content (AvgIpc) is 3.88. The van der Waals surface area contributed by atoms with Gasteiger partial charge in [-0.25, -0.2) is 4.98 Å². The number of hydrogen-bond donors (Lipinski definition) is 4. The molecule has 256 valence electrons. The molecule has 9 heteroatoms. The van der Waals surface area contributed by atoms with Gasteiger partial charge in [0.2, 0.25) is 0 Å². The van der Waals surface area contributed by atoms with Gasteiger partial charge >= 0.3 is 0 Å². The van der Waals surface area contributed by atoms with E-state index in [1.165, 1.54) is 25.5 Å². The van der Waals surface area contributed by atoms with Gasteiger partial charge in [-0.1, -0.05) is 34.3 Å². The third-order valence-corrected chi connectivity index (χ3v) is 7.43. The van der Waals surface area contributed by atoms with Crippen molar-refractivity contribution < 1.29 is 9.47 Å². The summed E-state index contributed by atoms with van der Waals surface area (Å²) in [6.07, 6.45) is 9.05. The standard InChI is InChI=1S/C22H25N3O.C12H18N2O.C2H6.CH5N.CH3N/c1-4-8-23-12-19(16-5-6-16)20-11-18-14(2)13-26-22(18)21(25-20)17-7-9-24-15(3)10-17;1-4-5-14-8-10-6-9(2)7-11(15-3)12(10)13;3*1-2/h7-11,14,16,19,23H,1,5-6,12-13H2,2-3H3;6-8H,4-5,13H2,1-3H3;1-2H3;2H2,1H3;2H,1H2. The Morgan fingerprint density at radius 1 is 1.19 bits per heavy atom. The molecule has 1 saturated carbocycles. The van der Waals surface area contributed by atoms with E-state index in [1.807, 2.05) is 58.3 Å². The monoisotopic (exact) mass is 643 g/mol. The zero-order chi connectivity index (χ0) is 35.4. The number of nitrogens with two attached hydrogens (primary N) is 2. The molecule has 5 rings (SSSR count). The normalized spacial score (nSPS) is 14.4. The van der Waals surface area contributed by atoms with Crippen molar-refractivity contribution in [1.29, 1.82) is 5.41 Å². The number of methoxy groups -OCH3 is 1. The van der Waals surface area contributed by atoms with Crippen LogP contribution in [0.15, 0.2) is 60.0 Å². The topological polar surface area (TPSA) is 145 Å². The second kappa shape index (κ2) is 22.1. The Kier molecular flexibility index (Phi) is 19.1. The summed E-state index contributed by atoms with van der Waals surface area (Å²) in [7, 11) is 3.12. The molecule has 0 spiro atoms. The molecular weight excluding hydrogens is 586 g/mol. The Morgan fingerprint density at radius 2 is 1.89 bits per heavy atom. The van der Waals surface area contributed by atoms with Crippen molar-refractivity contribution in [3.8, 4) is 22.8 Å². The molecule has 2 unspecified atom stereocenters. The number of nitrogen functional groups attached to an aromatic ring is 1. The highest BCUT2D eigenvalue weighted by Crippen LogP contribution is 2.46. The van der Waals surface area contributed by atoms with Crippen LogP contribution in [0.1, 0.15) is 86.9 Å². The van der Waals surface area contributed by atoms with E-state index in [4.69, 9.17) is 25.6 Å². The Bertz CT molecular complexity index is 1450. The molecule has 0 radical (unpaired) electrons. The number of ether oxygens (including phenoxy) is 2. The molecule has 0 bridgehead atoms. The fourth-order valence-corrected chi connectivity index (χ4v) is 5.10. The van der Waals surface area contributed by atoms with Gasteiger partial charge in [0.25, 0.3) is 0 Å². The van der Waals surface area contributed by atoms with Gasteiger partial charge in [0.1, 0.15) is 17.2 Å². The Balaban J connectivity index is 0.000000450. The van der Waals surface area contributed by atoms with Gasteiger partial charge in [-0.2, -0.15) is 0 Å². The molecule has 0 saturated heterocycles. The first-order valence-corrected chi connectivity index (χ1v) is 16.4. The average molecular weight is 644 g/mol. The molecule has 2 aromatic heterocycles. The van der Waals surface area contributed by atoms with E-state index in [0.29, 0.717) is 29.2 Å². The zero-order valence-electron chi connectivity index (χ0n) is 29.8. The lowest BCUT2D eigenvalue weighted by molar-refractivity contribution is 0.337. The number of aromatic nitrogens is 2. The van der Waals surface area contributed by atoms with E-state index in [1.54, 1.807) is 13.3 Å². The molecular formula is C38H57N7O2. The minimum atomic E-state index is 0.398. The van der Waals surface area contributed by atoms with Crippen molar-refractivity contribution in [3.63, 3.8) is 0 Å². The Hall–Kier alpha value is -4.46. The number of hydrogen-bond acceptors (Lipinski definition) is 9. The molecule has 9 nitrogen and oxygen atoms in total. The molecule has 0 amide bonds. The Labute approximate surface area is 283 Å². The number of nitrogens with zero attached hydrogens (tertiary/aromatic N) is 3. The van der Waals surface area contributed by atoms with Crippen molar-refractivity contribution >= 4 is 18.6 Å². The maximum atomic E-state index is 6.02. The predicted molar refractivity (Wildman–Crippen MR) is 199 cm³/mol. The number of aryl methyl sites for hydroxylation is 2. The highest BCUT2D eigenvalue weighted by atomic mass is 16.5. The van der Waals surface area contributed by atoms with Gasteiger partial charge in [-0.05, 0) is 88.7 Å². The lowest BCUT2D eigenvalue weighted by Gasteiger charge is -2.19. The van der Waals surface area contributed by atoms with Crippen LogP contribution in [0, 0.1) is 25.2 Å². The summed E-state index contributed by atoms with van der Waals surface area (Å²) in [5, 5.41) is 8.82. The molecule has 1 aromatic carbocycles. The van der Waals surface area contributed by atoms with E-state index >= 15 is 0 Å². The maximum Gasteiger partial charge on any atom is 0.149 e. The molecule has 6 N–H and O–H groups in total. The smallest absolute Gasteiger partial charge is 0.149 e. The van der Waals surface area contributed by atoms with Crippen LogP contribution < -0.4 is 26.3 Å². The minimum Gasteiger partial charge on any atom is -0.495 e. The number of nitrogens with one attached hydrogen (secondary N) is 2. The van der Waals surface area contributed by atoms with Crippen molar-refractivity contribution in [2.75, 3.05) is 39.6 Å². The highest BCUT2D eigenvalue weighted by Gasteiger charge is 2.35. The van der Waals surface area contributed by atoms with Crippen LogP contribution in [0.25, 0.3) is 11.3 Å². The number of benzene rings is 1. The molecule has 1 aliphatic heterocycles. The number of anilines is 1. The first-order chi connectivity index (χ1) is 22.9. The van der Waals surface area contributed by atoms with Crippen LogP contribution in [-0.4, -0.2) is 56.8 Å². The third kappa shape index (κ3) is 12.0. The summed E-state index contributed by atoms with van der Waals surface area (Å²) in [4.78, 5) is 13.7. The van der Waals surface area contributed by atoms with E-state index < -0.39 is 0 Å². The summed E-state index contributed by atoms with van der Waals surface area (Å²) in [6, 6.07) is 10.3. The summed E-state index contributed by atoms with van der Waals surface area (Å²) in [5.74, 6) is 3.16. The molecule has 3 aromatic rings. The largest absolute Gasteiger partial charge is 0.495 e. The lowest BCUT2D eigenvalue weighted by Crippen LogP contribution is -2.19. The van der Waals surface area contributed by atoms with E-state index in [9.17, 15) is 0 Å². The summed E-state index contributed by atoms with van der Waals surface area (Å²) >= 11 is 0. The second-order valence-corrected chi connectivity index (χ2v) is 10.9. The number of aliphatic imine (C=N–C) groups is 1. The first-order valence-electron chi connectivity index (χ1n) is 16.4. The van der Waals surface area contributed by atoms with Gasteiger partial charge in [0, 0.05) is 71.6 Å². The number of rotatable bonds is 10. The Morgan fingerprint density at radius 3 is 2.49 bits per heavy atom. The maximum absolute atomic E-state index is 6.02. The summed E-state index contributed by atoms with van der Waals surface area (Å²) < 4.78 is 11.2. The van der Waals surface area contributed by atoms with Crippen molar-refractivity contribution in [2.45, 2.75) is 72.6 Å². The fraction of sp³-hybridized carbons (Fsp3) is 0.447. The minimum absolute atomic E-state index is 0.398. The van der Waals surface area contributed by atoms with Crippen LogP contribution in [0.5, 0.6) is 11.5 Å². The molecule has 1 fully saturated rings. The van der Waals surface area contributed by atoms with E-state index in [2.05, 4.69) is 66.0 Å². The van der Waals surface area contributed by atoms with Crippen LogP contribution >= 0.6 is 0 Å². The highest BCUT2D eigenvalue weighted by molar-refractivity contribution is 5.89. The summed E-state index contributed by atoms with van der Waals surface area (Å²) in [5.41, 5.74) is 21.4. The van der Waals surface area contributed by atoms with Gasteiger partial charge in [0.15, 0.2) is 0 Å². The number of pyridine rings is 2. The molecule has 2 atom stereocenters. The lowest BCUT2D eigenvalue weighted by atomic mass is 9.93. The van der Waals surface area contributed by atoms with E-state index in [0.717, 1.165) is 65.6 Å². The van der Waals surface area contributed by atoms with Crippen LogP contribution in [-0.2, 0) is 0 Å². The van der Waals surface area contributed by atoms with E-state index in [-0.39, 0.29) is 0 Å². The van der Waals surface area contributed by atoms with Gasteiger partial charge < -0.3 is 31.7 Å². The molecule has 47 heavy (non-hydrogen) atoms. The third-order valence-electron chi connectivity index (χ3n) is 7.43.